The van der Waals surface area contributed by atoms with E-state index in [-0.39, 0.29) is 0 Å². The molecule has 1 atom stereocenters. The number of aliphatic hydroxyl groups excluding tert-OH is 1. The Kier molecular flexibility index (Phi) is 7.10. The molecule has 0 aromatic rings. The van der Waals surface area contributed by atoms with Crippen LogP contribution in [0.25, 0.3) is 0 Å². The lowest BCUT2D eigenvalue weighted by atomic mass is 10.2. The van der Waals surface area contributed by atoms with E-state index in [2.05, 4.69) is 10.0 Å². The summed E-state index contributed by atoms with van der Waals surface area (Å²) in [5, 5.41) is 12.0. The Morgan fingerprint density at radius 3 is 2.33 bits per heavy atom. The molecule has 1 fully saturated rings. The highest BCUT2D eigenvalue weighted by atomic mass is 32.2. The molecule has 0 spiro atoms. The summed E-state index contributed by atoms with van der Waals surface area (Å²) >= 11 is 0. The van der Waals surface area contributed by atoms with Gasteiger partial charge in [-0.15, -0.1) is 0 Å². The first-order valence-corrected chi connectivity index (χ1v) is 8.10. The van der Waals surface area contributed by atoms with E-state index >= 15 is 0 Å². The maximum absolute atomic E-state index is 12.0. The Labute approximate surface area is 110 Å². The average molecular weight is 279 g/mol. The Bertz CT molecular complexity index is 311. The van der Waals surface area contributed by atoms with E-state index in [4.69, 9.17) is 5.11 Å². The first kappa shape index (κ1) is 15.8. The van der Waals surface area contributed by atoms with Gasteiger partial charge in [0.1, 0.15) is 0 Å². The van der Waals surface area contributed by atoms with Gasteiger partial charge in [-0.3, -0.25) is 0 Å². The number of nitrogens with zero attached hydrogens (tertiary/aromatic N) is 1. The molecule has 1 aliphatic rings. The minimum Gasteiger partial charge on any atom is -0.392 e. The van der Waals surface area contributed by atoms with E-state index in [0.29, 0.717) is 32.7 Å². The number of hydrogen-bond donors (Lipinski definition) is 3. The van der Waals surface area contributed by atoms with Crippen LogP contribution in [0.15, 0.2) is 0 Å². The molecule has 1 heterocycles. The first-order valence-electron chi connectivity index (χ1n) is 6.66. The maximum Gasteiger partial charge on any atom is 0.279 e. The van der Waals surface area contributed by atoms with Crippen LogP contribution in [0.2, 0.25) is 0 Å². The summed E-state index contributed by atoms with van der Waals surface area (Å²) in [6.45, 7) is 4.29. The molecule has 7 heteroatoms. The van der Waals surface area contributed by atoms with Gasteiger partial charge < -0.3 is 10.4 Å². The van der Waals surface area contributed by atoms with Crippen LogP contribution in [0.4, 0.5) is 0 Å². The molecule has 1 unspecified atom stereocenters. The maximum atomic E-state index is 12.0. The van der Waals surface area contributed by atoms with Gasteiger partial charge in [0.25, 0.3) is 10.2 Å². The lowest BCUT2D eigenvalue weighted by Gasteiger charge is -2.20. The van der Waals surface area contributed by atoms with E-state index in [1.165, 1.54) is 4.31 Å². The zero-order valence-corrected chi connectivity index (χ0v) is 11.9. The molecule has 18 heavy (non-hydrogen) atoms. The first-order chi connectivity index (χ1) is 8.52. The van der Waals surface area contributed by atoms with Crippen molar-refractivity contribution in [3.8, 4) is 0 Å². The smallest absolute Gasteiger partial charge is 0.279 e. The minimum atomic E-state index is -3.33. The molecular formula is C11H25N3O3S. The third-order valence-corrected chi connectivity index (χ3v) is 4.54. The summed E-state index contributed by atoms with van der Waals surface area (Å²) in [6.07, 6.45) is 3.71. The van der Waals surface area contributed by atoms with Gasteiger partial charge in [-0.2, -0.15) is 12.7 Å². The Hall–Kier alpha value is -0.210. The Balaban J connectivity index is 2.25. The molecule has 0 amide bonds. The van der Waals surface area contributed by atoms with Crippen molar-refractivity contribution >= 4 is 10.2 Å². The molecule has 1 saturated heterocycles. The fraction of sp³-hybridized carbons (Fsp3) is 1.00. The van der Waals surface area contributed by atoms with Crippen LogP contribution in [0, 0.1) is 0 Å². The second-order valence-corrected chi connectivity index (χ2v) is 6.52. The van der Waals surface area contributed by atoms with Crippen molar-refractivity contribution in [3.63, 3.8) is 0 Å². The lowest BCUT2D eigenvalue weighted by molar-refractivity contribution is 0.192. The predicted molar refractivity (Wildman–Crippen MR) is 71.5 cm³/mol. The van der Waals surface area contributed by atoms with Crippen LogP contribution in [0.5, 0.6) is 0 Å². The second-order valence-electron chi connectivity index (χ2n) is 4.77. The predicted octanol–water partition coefficient (Wildman–Crippen LogP) is -0.333. The van der Waals surface area contributed by atoms with Crippen molar-refractivity contribution < 1.29 is 13.5 Å². The van der Waals surface area contributed by atoms with Gasteiger partial charge in [0, 0.05) is 32.7 Å². The Morgan fingerprint density at radius 2 is 1.78 bits per heavy atom. The van der Waals surface area contributed by atoms with E-state index in [1.54, 1.807) is 6.92 Å². The third-order valence-electron chi connectivity index (χ3n) is 2.93. The van der Waals surface area contributed by atoms with E-state index in [9.17, 15) is 8.42 Å². The number of rotatable bonds is 7. The molecule has 0 radical (unpaired) electrons. The number of hydrogen-bond acceptors (Lipinski definition) is 4. The van der Waals surface area contributed by atoms with Gasteiger partial charge in [0.15, 0.2) is 0 Å². The molecule has 0 bridgehead atoms. The van der Waals surface area contributed by atoms with Crippen LogP contribution in [-0.2, 0) is 10.2 Å². The van der Waals surface area contributed by atoms with Crippen molar-refractivity contribution in [2.45, 2.75) is 38.7 Å². The van der Waals surface area contributed by atoms with Gasteiger partial charge >= 0.3 is 0 Å². The van der Waals surface area contributed by atoms with Crippen LogP contribution in [0.3, 0.4) is 0 Å². The van der Waals surface area contributed by atoms with Crippen LogP contribution >= 0.6 is 0 Å². The normalized spacial score (nSPS) is 20.6. The fourth-order valence-corrected chi connectivity index (χ4v) is 3.23. The van der Waals surface area contributed by atoms with Crippen molar-refractivity contribution in [2.75, 3.05) is 32.7 Å². The summed E-state index contributed by atoms with van der Waals surface area (Å²) in [4.78, 5) is 0. The summed E-state index contributed by atoms with van der Waals surface area (Å²) in [5.74, 6) is 0. The van der Waals surface area contributed by atoms with Crippen molar-refractivity contribution in [2.24, 2.45) is 0 Å². The molecule has 0 aliphatic carbocycles. The molecule has 6 nitrogen and oxygen atoms in total. The quantitative estimate of drug-likeness (QED) is 0.557. The van der Waals surface area contributed by atoms with Crippen LogP contribution in [-0.4, -0.2) is 56.7 Å². The van der Waals surface area contributed by atoms with Crippen molar-refractivity contribution in [3.05, 3.63) is 0 Å². The van der Waals surface area contributed by atoms with Crippen LogP contribution < -0.4 is 10.0 Å². The molecule has 1 aliphatic heterocycles. The average Bonchev–Trinajstić information content (AvgIpc) is 2.56. The molecule has 3 N–H and O–H groups in total. The topological polar surface area (TPSA) is 81.7 Å². The fourth-order valence-electron chi connectivity index (χ4n) is 1.95. The summed E-state index contributed by atoms with van der Waals surface area (Å²) in [5.41, 5.74) is 0. The van der Waals surface area contributed by atoms with Crippen molar-refractivity contribution in [1.82, 2.24) is 14.3 Å². The van der Waals surface area contributed by atoms with Gasteiger partial charge in [0.05, 0.1) is 6.10 Å². The van der Waals surface area contributed by atoms with E-state index < -0.39 is 16.3 Å². The van der Waals surface area contributed by atoms with Gasteiger partial charge in [-0.1, -0.05) is 12.8 Å². The SMILES string of the molecule is CC(O)CNCCNS(=O)(=O)N1CCCCCC1. The largest absolute Gasteiger partial charge is 0.392 e. The molecule has 0 aromatic carbocycles. The standard InChI is InChI=1S/C11H25N3O3S/c1-11(15)10-12-6-7-13-18(16,17)14-8-4-2-3-5-9-14/h11-13,15H,2-10H2,1H3. The highest BCUT2D eigenvalue weighted by molar-refractivity contribution is 7.87. The highest BCUT2D eigenvalue weighted by Gasteiger charge is 2.21. The zero-order valence-electron chi connectivity index (χ0n) is 11.1. The minimum absolute atomic E-state index is 0.353. The molecule has 0 saturated carbocycles. The molecule has 108 valence electrons. The zero-order chi connectivity index (χ0) is 13.4. The highest BCUT2D eigenvalue weighted by Crippen LogP contribution is 2.11. The lowest BCUT2D eigenvalue weighted by Crippen LogP contribution is -2.43. The summed E-state index contributed by atoms with van der Waals surface area (Å²) in [6, 6.07) is 0. The van der Waals surface area contributed by atoms with Gasteiger partial charge in [-0.25, -0.2) is 4.72 Å². The Morgan fingerprint density at radius 1 is 1.17 bits per heavy atom. The summed E-state index contributed by atoms with van der Waals surface area (Å²) in [7, 11) is -3.33. The van der Waals surface area contributed by atoms with Gasteiger partial charge in [0.2, 0.25) is 0 Å². The molecule has 1 rings (SSSR count). The van der Waals surface area contributed by atoms with Crippen LogP contribution in [0.1, 0.15) is 32.6 Å². The molecular weight excluding hydrogens is 254 g/mol. The number of nitrogens with one attached hydrogen (secondary N) is 2. The third kappa shape index (κ3) is 6.10. The van der Waals surface area contributed by atoms with E-state index in [1.807, 2.05) is 0 Å². The molecule has 0 aromatic heterocycles. The second kappa shape index (κ2) is 8.06. The van der Waals surface area contributed by atoms with E-state index in [0.717, 1.165) is 25.7 Å². The van der Waals surface area contributed by atoms with Crippen molar-refractivity contribution in [1.29, 1.82) is 0 Å². The van der Waals surface area contributed by atoms with Gasteiger partial charge in [-0.05, 0) is 19.8 Å². The number of aliphatic hydroxyl groups is 1. The monoisotopic (exact) mass is 279 g/mol. The summed E-state index contributed by atoms with van der Waals surface area (Å²) < 4.78 is 28.1.